The number of likely N-dealkylation sites (tertiary alicyclic amines) is 1. The number of aromatic nitrogens is 4. The minimum atomic E-state index is -0.826. The summed E-state index contributed by atoms with van der Waals surface area (Å²) in [6, 6.07) is 2.47. The number of imidazole rings is 1. The van der Waals surface area contributed by atoms with Crippen molar-refractivity contribution in [2.45, 2.75) is 37.4 Å². The molecule has 180 valence electrons. The molecule has 1 saturated heterocycles. The van der Waals surface area contributed by atoms with Crippen LogP contribution in [-0.2, 0) is 4.79 Å². The van der Waals surface area contributed by atoms with Crippen molar-refractivity contribution in [2.24, 2.45) is 5.73 Å². The van der Waals surface area contributed by atoms with Crippen molar-refractivity contribution in [1.29, 1.82) is 0 Å². The SMILES string of the molecule is C=CC(=O)N1C[C@@H](n2nc(C#Cc3cc4ncn(C5CC5)c4cc3F)c(C(N)=O)c2N)C[C@@H]1CO. The van der Waals surface area contributed by atoms with Crippen molar-refractivity contribution in [2.75, 3.05) is 18.9 Å². The fourth-order valence-corrected chi connectivity index (χ4v) is 4.60. The van der Waals surface area contributed by atoms with E-state index in [9.17, 15) is 19.1 Å². The molecule has 3 aromatic rings. The Morgan fingerprint density at radius 2 is 2.06 bits per heavy atom. The average molecular weight is 478 g/mol. The first-order valence-corrected chi connectivity index (χ1v) is 11.2. The number of aliphatic hydroxyl groups is 1. The smallest absolute Gasteiger partial charge is 0.255 e. The molecule has 0 radical (unpaired) electrons. The Labute approximate surface area is 200 Å². The fourth-order valence-electron chi connectivity index (χ4n) is 4.60. The van der Waals surface area contributed by atoms with Gasteiger partial charge in [-0.2, -0.15) is 5.10 Å². The third-order valence-corrected chi connectivity index (χ3v) is 6.52. The number of primary amides is 1. The van der Waals surface area contributed by atoms with Gasteiger partial charge in [0, 0.05) is 18.7 Å². The van der Waals surface area contributed by atoms with E-state index in [2.05, 4.69) is 28.5 Å². The lowest BCUT2D eigenvalue weighted by atomic mass is 10.1. The van der Waals surface area contributed by atoms with E-state index in [-0.39, 0.29) is 41.7 Å². The van der Waals surface area contributed by atoms with Crippen LogP contribution in [0.5, 0.6) is 0 Å². The third-order valence-electron chi connectivity index (χ3n) is 6.52. The van der Waals surface area contributed by atoms with Crippen molar-refractivity contribution >= 4 is 28.7 Å². The quantitative estimate of drug-likeness (QED) is 0.371. The van der Waals surface area contributed by atoms with Crippen molar-refractivity contribution in [1.82, 2.24) is 24.2 Å². The number of amides is 2. The zero-order valence-electron chi connectivity index (χ0n) is 18.8. The molecule has 2 aliphatic rings. The van der Waals surface area contributed by atoms with Crippen LogP contribution in [0.4, 0.5) is 10.2 Å². The fraction of sp³-hybridized carbons (Fsp3) is 0.333. The third kappa shape index (κ3) is 3.91. The molecular formula is C24H24FN7O3. The molecule has 10 nitrogen and oxygen atoms in total. The van der Waals surface area contributed by atoms with Gasteiger partial charge in [-0.05, 0) is 37.3 Å². The molecule has 11 heteroatoms. The number of fused-ring (bicyclic) bond motifs is 1. The van der Waals surface area contributed by atoms with E-state index in [1.807, 2.05) is 4.57 Å². The van der Waals surface area contributed by atoms with E-state index in [1.54, 1.807) is 12.4 Å². The zero-order chi connectivity index (χ0) is 24.9. The highest BCUT2D eigenvalue weighted by Gasteiger charge is 2.37. The van der Waals surface area contributed by atoms with Crippen molar-refractivity contribution in [3.05, 3.63) is 53.8 Å². The van der Waals surface area contributed by atoms with Crippen LogP contribution >= 0.6 is 0 Å². The molecule has 0 unspecified atom stereocenters. The number of aliphatic hydroxyl groups excluding tert-OH is 1. The Hall–Kier alpha value is -4.17. The van der Waals surface area contributed by atoms with Crippen LogP contribution in [0, 0.1) is 17.7 Å². The molecule has 1 saturated carbocycles. The first-order valence-electron chi connectivity index (χ1n) is 11.2. The topological polar surface area (TPSA) is 145 Å². The Balaban J connectivity index is 1.50. The molecule has 2 fully saturated rings. The number of hydrogen-bond donors (Lipinski definition) is 3. The number of nitrogens with two attached hydrogens (primary N) is 2. The largest absolute Gasteiger partial charge is 0.394 e. The lowest BCUT2D eigenvalue weighted by Gasteiger charge is -2.20. The summed E-state index contributed by atoms with van der Waals surface area (Å²) >= 11 is 0. The van der Waals surface area contributed by atoms with Crippen molar-refractivity contribution in [3.63, 3.8) is 0 Å². The zero-order valence-corrected chi connectivity index (χ0v) is 18.8. The van der Waals surface area contributed by atoms with E-state index in [0.717, 1.165) is 12.8 Å². The Morgan fingerprint density at radius 1 is 1.29 bits per heavy atom. The van der Waals surface area contributed by atoms with Gasteiger partial charge in [0.05, 0.1) is 41.6 Å². The minimum absolute atomic E-state index is 0.00417. The highest BCUT2D eigenvalue weighted by Crippen LogP contribution is 2.37. The number of carbonyl (C=O) groups excluding carboxylic acids is 2. The van der Waals surface area contributed by atoms with Gasteiger partial charge >= 0.3 is 0 Å². The first kappa shape index (κ1) is 22.6. The lowest BCUT2D eigenvalue weighted by Crippen LogP contribution is -2.36. The van der Waals surface area contributed by atoms with Crippen LogP contribution in [0.25, 0.3) is 11.0 Å². The predicted molar refractivity (Wildman–Crippen MR) is 126 cm³/mol. The molecule has 0 bridgehead atoms. The normalized spacial score (nSPS) is 19.5. The summed E-state index contributed by atoms with van der Waals surface area (Å²) in [4.78, 5) is 30.1. The Kier molecular flexibility index (Phi) is 5.53. The monoisotopic (exact) mass is 477 g/mol. The van der Waals surface area contributed by atoms with Crippen LogP contribution in [0.15, 0.2) is 31.1 Å². The van der Waals surface area contributed by atoms with Crippen LogP contribution in [0.2, 0.25) is 0 Å². The number of rotatable bonds is 5. The maximum absolute atomic E-state index is 14.8. The van der Waals surface area contributed by atoms with Crippen molar-refractivity contribution < 1.29 is 19.1 Å². The summed E-state index contributed by atoms with van der Waals surface area (Å²) in [6.07, 6.45) is 5.33. The number of nitrogens with zero attached hydrogens (tertiary/aromatic N) is 5. The van der Waals surface area contributed by atoms with E-state index in [0.29, 0.717) is 23.5 Å². The second-order valence-corrected chi connectivity index (χ2v) is 8.79. The van der Waals surface area contributed by atoms with Gasteiger partial charge in [-0.15, -0.1) is 0 Å². The molecule has 5 N–H and O–H groups in total. The summed E-state index contributed by atoms with van der Waals surface area (Å²) in [6.45, 7) is 3.45. The van der Waals surface area contributed by atoms with Gasteiger partial charge in [-0.1, -0.05) is 12.5 Å². The van der Waals surface area contributed by atoms with Crippen LogP contribution < -0.4 is 11.5 Å². The Bertz CT molecular complexity index is 1430. The van der Waals surface area contributed by atoms with E-state index >= 15 is 0 Å². The number of hydrogen-bond acceptors (Lipinski definition) is 6. The predicted octanol–water partition coefficient (Wildman–Crippen LogP) is 1.11. The number of nitrogen functional groups attached to an aromatic ring is 1. The molecule has 2 aromatic heterocycles. The lowest BCUT2D eigenvalue weighted by molar-refractivity contribution is -0.127. The van der Waals surface area contributed by atoms with Gasteiger partial charge in [-0.25, -0.2) is 14.1 Å². The van der Waals surface area contributed by atoms with Crippen molar-refractivity contribution in [3.8, 4) is 11.8 Å². The van der Waals surface area contributed by atoms with Gasteiger partial charge in [0.25, 0.3) is 5.91 Å². The van der Waals surface area contributed by atoms with Gasteiger partial charge in [0.2, 0.25) is 5.91 Å². The molecule has 35 heavy (non-hydrogen) atoms. The maximum Gasteiger partial charge on any atom is 0.255 e. The van der Waals surface area contributed by atoms with Crippen LogP contribution in [0.1, 0.15) is 53.0 Å². The highest BCUT2D eigenvalue weighted by molar-refractivity contribution is 5.99. The molecule has 1 aliphatic carbocycles. The second kappa shape index (κ2) is 8.56. The summed E-state index contributed by atoms with van der Waals surface area (Å²) in [5.74, 6) is 3.78. The van der Waals surface area contributed by atoms with E-state index in [1.165, 1.54) is 21.7 Å². The maximum atomic E-state index is 14.8. The van der Waals surface area contributed by atoms with E-state index in [4.69, 9.17) is 11.5 Å². The number of carbonyl (C=O) groups is 2. The summed E-state index contributed by atoms with van der Waals surface area (Å²) in [5.41, 5.74) is 13.1. The Morgan fingerprint density at radius 3 is 2.71 bits per heavy atom. The summed E-state index contributed by atoms with van der Waals surface area (Å²) in [7, 11) is 0. The molecule has 0 spiro atoms. The number of anilines is 1. The van der Waals surface area contributed by atoms with Gasteiger partial charge < -0.3 is 26.0 Å². The van der Waals surface area contributed by atoms with Crippen LogP contribution in [-0.4, -0.2) is 60.3 Å². The minimum Gasteiger partial charge on any atom is -0.394 e. The first-order chi connectivity index (χ1) is 16.8. The van der Waals surface area contributed by atoms with Crippen LogP contribution in [0.3, 0.4) is 0 Å². The molecule has 1 aliphatic heterocycles. The second-order valence-electron chi connectivity index (χ2n) is 8.79. The number of halogens is 1. The molecule has 5 rings (SSSR count). The number of benzene rings is 1. The van der Waals surface area contributed by atoms with Gasteiger partial charge in [0.15, 0.2) is 5.69 Å². The van der Waals surface area contributed by atoms with Gasteiger partial charge in [0.1, 0.15) is 17.2 Å². The molecule has 2 amide bonds. The molecular weight excluding hydrogens is 453 g/mol. The summed E-state index contributed by atoms with van der Waals surface area (Å²) in [5, 5.41) is 14.1. The van der Waals surface area contributed by atoms with Gasteiger partial charge in [-0.3, -0.25) is 9.59 Å². The van der Waals surface area contributed by atoms with E-state index < -0.39 is 23.8 Å². The molecule has 1 aromatic carbocycles. The molecule has 3 heterocycles. The highest BCUT2D eigenvalue weighted by atomic mass is 19.1. The standard InChI is InChI=1S/C24H24FN7O3/c1-2-21(34)30-10-15(8-16(30)11-33)32-23(26)22(24(27)35)18(29-32)6-3-13-7-19-20(9-17(13)25)31(12-28-19)14-4-5-14/h2,7,9,12,14-16,33H,1,4-5,8,10-11,26H2,(H2,27,35)/t15-,16+/m0/s1. The average Bonchev–Trinajstić information content (AvgIpc) is 3.31. The molecule has 2 atom stereocenters. The summed E-state index contributed by atoms with van der Waals surface area (Å²) < 4.78 is 18.2.